The summed E-state index contributed by atoms with van der Waals surface area (Å²) in [7, 11) is 0. The molecule has 0 fully saturated rings. The molecule has 0 atom stereocenters. The lowest BCUT2D eigenvalue weighted by molar-refractivity contribution is -0.114. The number of carbonyl (C=O) groups is 1. The lowest BCUT2D eigenvalue weighted by Crippen LogP contribution is -1.69. The minimum Gasteiger partial charge on any atom is -0.300 e. The average Bonchev–Trinajstić information content (AvgIpc) is 2.20. The van der Waals surface area contributed by atoms with E-state index in [-0.39, 0.29) is 5.78 Å². The molecule has 0 spiro atoms. The van der Waals surface area contributed by atoms with E-state index in [4.69, 9.17) is 0 Å². The molecule has 0 unspecified atom stereocenters. The van der Waals surface area contributed by atoms with Gasteiger partial charge in [-0.3, -0.25) is 0 Å². The standard InChI is InChI=1S/C6H6.C4H6.C3H6O/c1-2-4-6-5-3-1;1-3-4-2;1-3(2)4/h1-6H;3-4H,1-2H2;1-2H3. The van der Waals surface area contributed by atoms with Gasteiger partial charge >= 0.3 is 0 Å². The third-order valence-corrected chi connectivity index (χ3v) is 0.833. The van der Waals surface area contributed by atoms with E-state index in [1.165, 1.54) is 13.8 Å². The van der Waals surface area contributed by atoms with E-state index in [0.29, 0.717) is 0 Å². The van der Waals surface area contributed by atoms with Crippen LogP contribution in [0.3, 0.4) is 0 Å². The van der Waals surface area contributed by atoms with Crippen LogP contribution in [0, 0.1) is 0 Å². The number of carbonyl (C=O) groups excluding carboxylic acids is 1. The van der Waals surface area contributed by atoms with Gasteiger partial charge in [0.2, 0.25) is 0 Å². The molecule has 0 radical (unpaired) electrons. The summed E-state index contributed by atoms with van der Waals surface area (Å²) in [6, 6.07) is 12.0. The summed E-state index contributed by atoms with van der Waals surface area (Å²) in [4.78, 5) is 9.44. The largest absolute Gasteiger partial charge is 0.300 e. The van der Waals surface area contributed by atoms with Crippen molar-refractivity contribution in [3.05, 3.63) is 61.7 Å². The van der Waals surface area contributed by atoms with Gasteiger partial charge in [0, 0.05) is 0 Å². The molecule has 0 saturated heterocycles. The average molecular weight is 190 g/mol. The maximum Gasteiger partial charge on any atom is 0.126 e. The topological polar surface area (TPSA) is 17.1 Å². The number of hydrogen-bond acceptors (Lipinski definition) is 1. The second-order valence-electron chi connectivity index (χ2n) is 2.53. The van der Waals surface area contributed by atoms with Crippen molar-refractivity contribution < 1.29 is 4.79 Å². The van der Waals surface area contributed by atoms with Gasteiger partial charge in [0.25, 0.3) is 0 Å². The van der Waals surface area contributed by atoms with Crippen molar-refractivity contribution >= 4 is 5.78 Å². The summed E-state index contributed by atoms with van der Waals surface area (Å²) in [6.07, 6.45) is 3.28. The van der Waals surface area contributed by atoms with E-state index >= 15 is 0 Å². The zero-order chi connectivity index (χ0) is 11.2. The van der Waals surface area contributed by atoms with Gasteiger partial charge in [-0.25, -0.2) is 0 Å². The van der Waals surface area contributed by atoms with Crippen LogP contribution in [0.2, 0.25) is 0 Å². The molecule has 1 heteroatoms. The Bertz CT molecular complexity index is 200. The molecule has 0 aliphatic heterocycles. The Hall–Kier alpha value is -1.63. The Balaban J connectivity index is 0. The highest BCUT2D eigenvalue weighted by Crippen LogP contribution is 1.79. The van der Waals surface area contributed by atoms with Gasteiger partial charge in [0.1, 0.15) is 5.78 Å². The van der Waals surface area contributed by atoms with Gasteiger partial charge in [0.05, 0.1) is 0 Å². The molecule has 0 heterocycles. The maximum absolute atomic E-state index is 9.44. The number of Topliss-reactive ketones (excluding diaryl/α,β-unsaturated/α-hetero) is 1. The van der Waals surface area contributed by atoms with Crippen LogP contribution in [0.15, 0.2) is 61.7 Å². The molecule has 14 heavy (non-hydrogen) atoms. The van der Waals surface area contributed by atoms with Crippen molar-refractivity contribution in [3.63, 3.8) is 0 Å². The molecule has 0 N–H and O–H groups in total. The lowest BCUT2D eigenvalue weighted by Gasteiger charge is -1.69. The molecule has 0 aliphatic carbocycles. The van der Waals surface area contributed by atoms with Crippen molar-refractivity contribution in [1.29, 1.82) is 0 Å². The Morgan fingerprint density at radius 1 is 0.857 bits per heavy atom. The molecule has 0 aromatic heterocycles. The molecule has 1 aromatic carbocycles. The molecule has 0 bridgehead atoms. The summed E-state index contributed by atoms with van der Waals surface area (Å²) >= 11 is 0. The highest BCUT2D eigenvalue weighted by atomic mass is 16.1. The van der Waals surface area contributed by atoms with E-state index < -0.39 is 0 Å². The predicted molar refractivity (Wildman–Crippen MR) is 63.2 cm³/mol. The number of ketones is 1. The maximum atomic E-state index is 9.44. The first-order valence-corrected chi connectivity index (χ1v) is 4.35. The molecule has 0 amide bonds. The van der Waals surface area contributed by atoms with Crippen LogP contribution in [0.5, 0.6) is 0 Å². The summed E-state index contributed by atoms with van der Waals surface area (Å²) < 4.78 is 0. The zero-order valence-corrected chi connectivity index (χ0v) is 8.94. The molecular formula is C13H18O. The SMILES string of the molecule is C=CC=C.CC(C)=O.c1ccccc1. The fourth-order valence-corrected chi connectivity index (χ4v) is 0.385. The molecule has 1 rings (SSSR count). The molecule has 0 aliphatic rings. The van der Waals surface area contributed by atoms with Crippen molar-refractivity contribution in [2.45, 2.75) is 13.8 Å². The highest BCUT2D eigenvalue weighted by Gasteiger charge is 1.62. The smallest absolute Gasteiger partial charge is 0.126 e. The van der Waals surface area contributed by atoms with E-state index in [1.807, 2.05) is 36.4 Å². The highest BCUT2D eigenvalue weighted by molar-refractivity contribution is 5.72. The summed E-state index contributed by atoms with van der Waals surface area (Å²) in [5.74, 6) is 0.167. The third kappa shape index (κ3) is 31.6. The van der Waals surface area contributed by atoms with Crippen LogP contribution in [-0.2, 0) is 4.79 Å². The van der Waals surface area contributed by atoms with Gasteiger partial charge in [-0.1, -0.05) is 61.7 Å². The second-order valence-corrected chi connectivity index (χ2v) is 2.53. The van der Waals surface area contributed by atoms with Crippen molar-refractivity contribution in [1.82, 2.24) is 0 Å². The number of benzene rings is 1. The van der Waals surface area contributed by atoms with Crippen LogP contribution in [0.25, 0.3) is 0 Å². The number of rotatable bonds is 1. The Kier molecular flexibility index (Phi) is 14.8. The zero-order valence-electron chi connectivity index (χ0n) is 8.94. The van der Waals surface area contributed by atoms with Crippen LogP contribution in [0.4, 0.5) is 0 Å². The van der Waals surface area contributed by atoms with Crippen molar-refractivity contribution in [2.24, 2.45) is 0 Å². The molecule has 1 nitrogen and oxygen atoms in total. The van der Waals surface area contributed by atoms with Crippen LogP contribution < -0.4 is 0 Å². The van der Waals surface area contributed by atoms with Crippen LogP contribution in [-0.4, -0.2) is 5.78 Å². The molecule has 0 saturated carbocycles. The summed E-state index contributed by atoms with van der Waals surface area (Å²) in [5, 5.41) is 0. The van der Waals surface area contributed by atoms with Crippen molar-refractivity contribution in [2.75, 3.05) is 0 Å². The summed E-state index contributed by atoms with van der Waals surface area (Å²) in [5.41, 5.74) is 0. The van der Waals surface area contributed by atoms with E-state index in [2.05, 4.69) is 13.2 Å². The third-order valence-electron chi connectivity index (χ3n) is 0.833. The minimum atomic E-state index is 0.167. The van der Waals surface area contributed by atoms with Gasteiger partial charge in [-0.15, -0.1) is 0 Å². The molecule has 76 valence electrons. The van der Waals surface area contributed by atoms with Gasteiger partial charge in [0.15, 0.2) is 0 Å². The Morgan fingerprint density at radius 3 is 1.07 bits per heavy atom. The molecule has 1 aromatic rings. The Morgan fingerprint density at radius 2 is 1.00 bits per heavy atom. The fraction of sp³-hybridized carbons (Fsp3) is 0.154. The normalized spacial score (nSPS) is 6.71. The first-order chi connectivity index (χ1) is 6.65. The van der Waals surface area contributed by atoms with Crippen molar-refractivity contribution in [3.8, 4) is 0 Å². The first-order valence-electron chi connectivity index (χ1n) is 4.35. The lowest BCUT2D eigenvalue weighted by atomic mass is 10.4. The van der Waals surface area contributed by atoms with Gasteiger partial charge in [-0.2, -0.15) is 0 Å². The quantitative estimate of drug-likeness (QED) is 0.618. The minimum absolute atomic E-state index is 0.167. The predicted octanol–water partition coefficient (Wildman–Crippen LogP) is 3.64. The number of allylic oxidation sites excluding steroid dienone is 2. The van der Waals surface area contributed by atoms with Crippen LogP contribution in [0.1, 0.15) is 13.8 Å². The molecular weight excluding hydrogens is 172 g/mol. The monoisotopic (exact) mass is 190 g/mol. The van der Waals surface area contributed by atoms with E-state index in [1.54, 1.807) is 12.2 Å². The first kappa shape index (κ1) is 14.9. The fourth-order valence-electron chi connectivity index (χ4n) is 0.385. The second kappa shape index (κ2) is 13.9. The van der Waals surface area contributed by atoms with E-state index in [0.717, 1.165) is 0 Å². The van der Waals surface area contributed by atoms with E-state index in [9.17, 15) is 4.79 Å². The Labute approximate surface area is 86.8 Å². The van der Waals surface area contributed by atoms with Crippen LogP contribution >= 0.6 is 0 Å². The van der Waals surface area contributed by atoms with Gasteiger partial charge in [-0.05, 0) is 13.8 Å². The number of hydrogen-bond donors (Lipinski definition) is 0. The van der Waals surface area contributed by atoms with Gasteiger partial charge < -0.3 is 4.79 Å². The summed E-state index contributed by atoms with van der Waals surface area (Å²) in [6.45, 7) is 9.78.